The van der Waals surface area contributed by atoms with Gasteiger partial charge in [0.05, 0.1) is 0 Å². The fraction of sp³-hybridized carbons (Fsp3) is 0.0769. The molecule has 0 spiro atoms. The molecular formula is C13H10N2OS2. The Balaban J connectivity index is 1.90. The van der Waals surface area contributed by atoms with Crippen LogP contribution in [0.4, 0.5) is 0 Å². The molecule has 1 aromatic carbocycles. The van der Waals surface area contributed by atoms with Gasteiger partial charge in [0.25, 0.3) is 0 Å². The molecule has 3 nitrogen and oxygen atoms in total. The summed E-state index contributed by atoms with van der Waals surface area (Å²) >= 11 is 3.00. The molecule has 3 aromatic rings. The highest BCUT2D eigenvalue weighted by Crippen LogP contribution is 2.29. The summed E-state index contributed by atoms with van der Waals surface area (Å²) in [7, 11) is 0. The van der Waals surface area contributed by atoms with Gasteiger partial charge in [-0.05, 0) is 5.56 Å². The standard InChI is InChI=1S/C13H10N2OS2/c16-11(9-4-2-1-3-5-9)13-15-10(8-18-13)12-14-6-7-17-12/h1-8,11,16H. The predicted molar refractivity (Wildman–Crippen MR) is 73.7 cm³/mol. The molecule has 0 fully saturated rings. The number of rotatable bonds is 3. The summed E-state index contributed by atoms with van der Waals surface area (Å²) in [6.07, 6.45) is 1.09. The van der Waals surface area contributed by atoms with Gasteiger partial charge in [0.15, 0.2) is 0 Å². The van der Waals surface area contributed by atoms with Crippen LogP contribution >= 0.6 is 22.7 Å². The maximum atomic E-state index is 10.2. The first kappa shape index (κ1) is 11.5. The molecule has 5 heteroatoms. The van der Waals surface area contributed by atoms with Crippen LogP contribution in [0.3, 0.4) is 0 Å². The van der Waals surface area contributed by atoms with E-state index in [9.17, 15) is 5.11 Å². The van der Waals surface area contributed by atoms with Gasteiger partial charge in [-0.25, -0.2) is 9.97 Å². The molecule has 0 radical (unpaired) electrons. The van der Waals surface area contributed by atoms with Crippen molar-refractivity contribution in [1.82, 2.24) is 9.97 Å². The molecule has 1 unspecified atom stereocenters. The van der Waals surface area contributed by atoms with Crippen molar-refractivity contribution in [3.8, 4) is 10.7 Å². The van der Waals surface area contributed by atoms with Gasteiger partial charge in [0.1, 0.15) is 21.8 Å². The Hall–Kier alpha value is -1.56. The van der Waals surface area contributed by atoms with Crippen LogP contribution in [0, 0.1) is 0 Å². The Morgan fingerprint density at radius 1 is 1.11 bits per heavy atom. The molecule has 0 aliphatic carbocycles. The quantitative estimate of drug-likeness (QED) is 0.796. The van der Waals surface area contributed by atoms with Crippen LogP contribution in [-0.4, -0.2) is 15.1 Å². The van der Waals surface area contributed by atoms with Crippen molar-refractivity contribution < 1.29 is 5.11 Å². The number of hydrogen-bond donors (Lipinski definition) is 1. The van der Waals surface area contributed by atoms with Crippen molar-refractivity contribution in [1.29, 1.82) is 0 Å². The van der Waals surface area contributed by atoms with Crippen molar-refractivity contribution in [3.63, 3.8) is 0 Å². The molecule has 0 aliphatic rings. The van der Waals surface area contributed by atoms with Gasteiger partial charge in [0.2, 0.25) is 0 Å². The van der Waals surface area contributed by atoms with Crippen molar-refractivity contribution in [3.05, 3.63) is 57.9 Å². The highest BCUT2D eigenvalue weighted by molar-refractivity contribution is 7.14. The van der Waals surface area contributed by atoms with Gasteiger partial charge in [0, 0.05) is 17.0 Å². The highest BCUT2D eigenvalue weighted by atomic mass is 32.1. The normalized spacial score (nSPS) is 12.5. The Morgan fingerprint density at radius 3 is 2.67 bits per heavy atom. The largest absolute Gasteiger partial charge is 0.381 e. The third-order valence-corrected chi connectivity index (χ3v) is 4.22. The number of benzene rings is 1. The third-order valence-electron chi connectivity index (χ3n) is 2.52. The van der Waals surface area contributed by atoms with E-state index in [1.165, 1.54) is 11.3 Å². The van der Waals surface area contributed by atoms with E-state index < -0.39 is 6.10 Å². The summed E-state index contributed by atoms with van der Waals surface area (Å²) in [5.41, 5.74) is 1.69. The Morgan fingerprint density at radius 2 is 1.94 bits per heavy atom. The molecule has 18 heavy (non-hydrogen) atoms. The number of nitrogens with zero attached hydrogens (tertiary/aromatic N) is 2. The van der Waals surface area contributed by atoms with Gasteiger partial charge in [-0.15, -0.1) is 22.7 Å². The number of aliphatic hydroxyl groups is 1. The first-order chi connectivity index (χ1) is 8.84. The average molecular weight is 274 g/mol. The zero-order chi connectivity index (χ0) is 12.4. The zero-order valence-electron chi connectivity index (χ0n) is 9.35. The van der Waals surface area contributed by atoms with E-state index in [0.29, 0.717) is 5.01 Å². The van der Waals surface area contributed by atoms with Gasteiger partial charge >= 0.3 is 0 Å². The van der Waals surface area contributed by atoms with Gasteiger partial charge in [-0.1, -0.05) is 30.3 Å². The molecule has 2 aromatic heterocycles. The van der Waals surface area contributed by atoms with Crippen LogP contribution in [0.15, 0.2) is 47.3 Å². The van der Waals surface area contributed by atoms with Crippen LogP contribution in [-0.2, 0) is 0 Å². The molecule has 90 valence electrons. The predicted octanol–water partition coefficient (Wildman–Crippen LogP) is 3.35. The summed E-state index contributed by atoms with van der Waals surface area (Å²) in [6, 6.07) is 9.55. The smallest absolute Gasteiger partial charge is 0.142 e. The molecule has 2 heterocycles. The van der Waals surface area contributed by atoms with Crippen molar-refractivity contribution in [2.24, 2.45) is 0 Å². The van der Waals surface area contributed by atoms with E-state index in [4.69, 9.17) is 0 Å². The van der Waals surface area contributed by atoms with E-state index in [2.05, 4.69) is 9.97 Å². The summed E-state index contributed by atoms with van der Waals surface area (Å²) in [5, 5.41) is 15.7. The third kappa shape index (κ3) is 2.20. The van der Waals surface area contributed by atoms with Crippen LogP contribution in [0.25, 0.3) is 10.7 Å². The van der Waals surface area contributed by atoms with Gasteiger partial charge in [-0.2, -0.15) is 0 Å². The van der Waals surface area contributed by atoms with Crippen LogP contribution < -0.4 is 0 Å². The molecule has 0 bridgehead atoms. The maximum absolute atomic E-state index is 10.2. The molecule has 1 N–H and O–H groups in total. The summed E-state index contributed by atoms with van der Waals surface area (Å²) in [5.74, 6) is 0. The van der Waals surface area contributed by atoms with Gasteiger partial charge in [-0.3, -0.25) is 0 Å². The number of aliphatic hydroxyl groups excluding tert-OH is 1. The molecule has 0 saturated carbocycles. The zero-order valence-corrected chi connectivity index (χ0v) is 11.0. The summed E-state index contributed by atoms with van der Waals surface area (Å²) in [4.78, 5) is 8.66. The molecule has 0 amide bonds. The molecule has 0 saturated heterocycles. The van der Waals surface area contributed by atoms with E-state index in [1.54, 1.807) is 17.5 Å². The van der Waals surface area contributed by atoms with Crippen molar-refractivity contribution in [2.45, 2.75) is 6.10 Å². The summed E-state index contributed by atoms with van der Waals surface area (Å²) < 4.78 is 0. The van der Waals surface area contributed by atoms with Crippen molar-refractivity contribution >= 4 is 22.7 Å². The average Bonchev–Trinajstić information content (AvgIpc) is 3.09. The lowest BCUT2D eigenvalue weighted by Gasteiger charge is -2.06. The highest BCUT2D eigenvalue weighted by Gasteiger charge is 2.15. The lowest BCUT2D eigenvalue weighted by Crippen LogP contribution is -1.98. The lowest BCUT2D eigenvalue weighted by atomic mass is 10.1. The molecule has 0 aliphatic heterocycles. The Labute approximate surface area is 112 Å². The fourth-order valence-corrected chi connectivity index (χ4v) is 3.12. The molecule has 1 atom stereocenters. The minimum absolute atomic E-state index is 0.662. The lowest BCUT2D eigenvalue weighted by molar-refractivity contribution is 0.220. The van der Waals surface area contributed by atoms with Crippen molar-refractivity contribution in [2.75, 3.05) is 0 Å². The maximum Gasteiger partial charge on any atom is 0.142 e. The van der Waals surface area contributed by atoms with E-state index in [-0.39, 0.29) is 0 Å². The minimum Gasteiger partial charge on any atom is -0.381 e. The topological polar surface area (TPSA) is 46.0 Å². The van der Waals surface area contributed by atoms with Crippen LogP contribution in [0.2, 0.25) is 0 Å². The SMILES string of the molecule is OC(c1ccccc1)c1nc(-c2nccs2)cs1. The second kappa shape index (κ2) is 4.97. The van der Waals surface area contributed by atoms with E-state index >= 15 is 0 Å². The monoisotopic (exact) mass is 274 g/mol. The Bertz CT molecular complexity index is 620. The van der Waals surface area contributed by atoms with Gasteiger partial charge < -0.3 is 5.11 Å². The first-order valence-corrected chi connectivity index (χ1v) is 7.19. The van der Waals surface area contributed by atoms with E-state index in [0.717, 1.165) is 16.3 Å². The van der Waals surface area contributed by atoms with E-state index in [1.807, 2.05) is 41.1 Å². The summed E-state index contributed by atoms with van der Waals surface area (Å²) in [6.45, 7) is 0. The van der Waals surface area contributed by atoms with Crippen LogP contribution in [0.5, 0.6) is 0 Å². The minimum atomic E-state index is -0.662. The Kier molecular flexibility index (Phi) is 3.19. The molecular weight excluding hydrogens is 264 g/mol. The number of hydrogen-bond acceptors (Lipinski definition) is 5. The molecule has 3 rings (SSSR count). The second-order valence-electron chi connectivity index (χ2n) is 3.72. The first-order valence-electron chi connectivity index (χ1n) is 5.43. The number of aromatic nitrogens is 2. The van der Waals surface area contributed by atoms with Crippen LogP contribution in [0.1, 0.15) is 16.7 Å². The fourth-order valence-electron chi connectivity index (χ4n) is 1.64. The number of thiazole rings is 2. The second-order valence-corrected chi connectivity index (χ2v) is 5.51.